The lowest BCUT2D eigenvalue weighted by molar-refractivity contribution is -0.134. The van der Waals surface area contributed by atoms with Crippen LogP contribution in [0.5, 0.6) is 0 Å². The van der Waals surface area contributed by atoms with Gasteiger partial charge in [0.15, 0.2) is 0 Å². The SMILES string of the molecule is CC(=O)O.CCN.Clc1cccc(Cl)c1. The number of carboxylic acids is 1. The van der Waals surface area contributed by atoms with Gasteiger partial charge in [-0.25, -0.2) is 0 Å². The average Bonchev–Trinajstić information content (AvgIpc) is 2.03. The van der Waals surface area contributed by atoms with Gasteiger partial charge in [-0.05, 0) is 24.7 Å². The summed E-state index contributed by atoms with van der Waals surface area (Å²) in [5.41, 5.74) is 4.85. The third kappa shape index (κ3) is 19.6. The molecule has 1 rings (SSSR count). The van der Waals surface area contributed by atoms with Crippen molar-refractivity contribution in [2.45, 2.75) is 13.8 Å². The molecule has 0 aliphatic heterocycles. The molecule has 0 aromatic heterocycles. The van der Waals surface area contributed by atoms with Crippen LogP contribution in [-0.2, 0) is 4.79 Å². The van der Waals surface area contributed by atoms with Crippen LogP contribution in [-0.4, -0.2) is 17.6 Å². The van der Waals surface area contributed by atoms with E-state index >= 15 is 0 Å². The number of carboxylic acid groups (broad SMARTS) is 1. The van der Waals surface area contributed by atoms with Gasteiger partial charge in [0, 0.05) is 17.0 Å². The minimum absolute atomic E-state index is 0.678. The van der Waals surface area contributed by atoms with Gasteiger partial charge in [-0.2, -0.15) is 0 Å². The lowest BCUT2D eigenvalue weighted by Gasteiger charge is -1.86. The number of halogens is 2. The summed E-state index contributed by atoms with van der Waals surface area (Å²) in [5, 5.41) is 8.77. The molecule has 0 radical (unpaired) electrons. The number of rotatable bonds is 0. The molecule has 3 N–H and O–H groups in total. The Bertz CT molecular complexity index is 259. The second kappa shape index (κ2) is 11.3. The molecule has 0 unspecified atom stereocenters. The molecule has 5 heteroatoms. The largest absolute Gasteiger partial charge is 0.481 e. The van der Waals surface area contributed by atoms with Gasteiger partial charge in [0.2, 0.25) is 0 Å². The summed E-state index contributed by atoms with van der Waals surface area (Å²) in [6.45, 7) is 3.74. The van der Waals surface area contributed by atoms with Crippen molar-refractivity contribution in [1.82, 2.24) is 0 Å². The van der Waals surface area contributed by atoms with Crippen molar-refractivity contribution in [3.05, 3.63) is 34.3 Å². The van der Waals surface area contributed by atoms with Crippen LogP contribution in [0.25, 0.3) is 0 Å². The fourth-order valence-corrected chi connectivity index (χ4v) is 0.896. The highest BCUT2D eigenvalue weighted by molar-refractivity contribution is 6.34. The highest BCUT2D eigenvalue weighted by atomic mass is 35.5. The van der Waals surface area contributed by atoms with Crippen molar-refractivity contribution >= 4 is 29.2 Å². The quantitative estimate of drug-likeness (QED) is 0.745. The molecular formula is C10H15Cl2NO2. The lowest BCUT2D eigenvalue weighted by atomic mass is 10.4. The minimum Gasteiger partial charge on any atom is -0.481 e. The molecule has 86 valence electrons. The number of nitrogens with two attached hydrogens (primary N) is 1. The van der Waals surface area contributed by atoms with Crippen molar-refractivity contribution in [1.29, 1.82) is 0 Å². The predicted molar refractivity (Wildman–Crippen MR) is 64.5 cm³/mol. The van der Waals surface area contributed by atoms with E-state index in [2.05, 4.69) is 0 Å². The summed E-state index contributed by atoms with van der Waals surface area (Å²) < 4.78 is 0. The maximum Gasteiger partial charge on any atom is 0.300 e. The van der Waals surface area contributed by atoms with Crippen molar-refractivity contribution in [2.24, 2.45) is 5.73 Å². The fourth-order valence-electron chi connectivity index (χ4n) is 0.460. The van der Waals surface area contributed by atoms with E-state index in [-0.39, 0.29) is 0 Å². The molecule has 0 aliphatic carbocycles. The molecule has 0 saturated carbocycles. The van der Waals surface area contributed by atoms with Crippen LogP contribution in [0.3, 0.4) is 0 Å². The van der Waals surface area contributed by atoms with Crippen LogP contribution < -0.4 is 5.73 Å². The predicted octanol–water partition coefficient (Wildman–Crippen LogP) is 3.05. The van der Waals surface area contributed by atoms with E-state index < -0.39 is 5.97 Å². The van der Waals surface area contributed by atoms with E-state index in [1.54, 1.807) is 18.2 Å². The van der Waals surface area contributed by atoms with Crippen molar-refractivity contribution in [3.63, 3.8) is 0 Å². The number of benzene rings is 1. The van der Waals surface area contributed by atoms with Gasteiger partial charge in [-0.3, -0.25) is 4.79 Å². The fraction of sp³-hybridized carbons (Fsp3) is 0.300. The highest BCUT2D eigenvalue weighted by Gasteiger charge is 1.84. The molecule has 1 aromatic carbocycles. The van der Waals surface area contributed by atoms with Gasteiger partial charge < -0.3 is 10.8 Å². The van der Waals surface area contributed by atoms with Crippen LogP contribution in [0.2, 0.25) is 10.0 Å². The Kier molecular flexibility index (Phi) is 12.6. The molecule has 0 heterocycles. The standard InChI is InChI=1S/C6H4Cl2.C2H7N.C2H4O2/c7-5-2-1-3-6(8)4-5;1-2-3;1-2(3)4/h1-4H;2-3H2,1H3;1H3,(H,3,4). The number of carbonyl (C=O) groups is 1. The maximum atomic E-state index is 9.00. The van der Waals surface area contributed by atoms with E-state index in [1.807, 2.05) is 13.0 Å². The Morgan fingerprint density at radius 1 is 1.40 bits per heavy atom. The molecule has 0 amide bonds. The third-order valence-corrected chi connectivity index (χ3v) is 1.26. The van der Waals surface area contributed by atoms with Crippen LogP contribution >= 0.6 is 23.2 Å². The van der Waals surface area contributed by atoms with Gasteiger partial charge in [0.25, 0.3) is 5.97 Å². The molecule has 0 bridgehead atoms. The molecule has 3 nitrogen and oxygen atoms in total. The molecule has 0 saturated heterocycles. The van der Waals surface area contributed by atoms with Crippen LogP contribution in [0, 0.1) is 0 Å². The Balaban J connectivity index is 0. The van der Waals surface area contributed by atoms with Crippen molar-refractivity contribution in [3.8, 4) is 0 Å². The topological polar surface area (TPSA) is 63.3 Å². The van der Waals surface area contributed by atoms with Crippen LogP contribution in [0.1, 0.15) is 13.8 Å². The average molecular weight is 252 g/mol. The van der Waals surface area contributed by atoms with E-state index in [1.165, 1.54) is 0 Å². The monoisotopic (exact) mass is 251 g/mol. The maximum absolute atomic E-state index is 9.00. The first-order valence-corrected chi connectivity index (χ1v) is 5.00. The van der Waals surface area contributed by atoms with Gasteiger partial charge in [-0.1, -0.05) is 36.2 Å². The van der Waals surface area contributed by atoms with Gasteiger partial charge in [0.1, 0.15) is 0 Å². The van der Waals surface area contributed by atoms with Gasteiger partial charge in [0.05, 0.1) is 0 Å². The van der Waals surface area contributed by atoms with Crippen LogP contribution in [0.4, 0.5) is 0 Å². The Morgan fingerprint density at radius 2 is 1.67 bits per heavy atom. The minimum atomic E-state index is -0.833. The number of hydrogen-bond acceptors (Lipinski definition) is 2. The summed E-state index contributed by atoms with van der Waals surface area (Å²) in [4.78, 5) is 9.00. The second-order valence-electron chi connectivity index (χ2n) is 2.37. The summed E-state index contributed by atoms with van der Waals surface area (Å²) in [7, 11) is 0. The lowest BCUT2D eigenvalue weighted by Crippen LogP contribution is -1.87. The summed E-state index contributed by atoms with van der Waals surface area (Å²) in [5.74, 6) is -0.833. The zero-order valence-electron chi connectivity index (χ0n) is 8.71. The highest BCUT2D eigenvalue weighted by Crippen LogP contribution is 2.13. The molecule has 0 atom stereocenters. The summed E-state index contributed by atoms with van der Waals surface area (Å²) >= 11 is 11.1. The second-order valence-corrected chi connectivity index (χ2v) is 3.24. The third-order valence-electron chi connectivity index (χ3n) is 0.787. The van der Waals surface area contributed by atoms with E-state index in [9.17, 15) is 0 Å². The summed E-state index contributed by atoms with van der Waals surface area (Å²) in [6.07, 6.45) is 0. The van der Waals surface area contributed by atoms with Gasteiger partial charge in [-0.15, -0.1) is 0 Å². The first kappa shape index (κ1) is 16.7. The number of aliphatic carboxylic acids is 1. The summed E-state index contributed by atoms with van der Waals surface area (Å²) in [6, 6.07) is 7.08. The normalized spacial score (nSPS) is 7.80. The number of hydrogen-bond donors (Lipinski definition) is 2. The van der Waals surface area contributed by atoms with Crippen LogP contribution in [0.15, 0.2) is 24.3 Å². The molecule has 0 aliphatic rings. The van der Waals surface area contributed by atoms with Crippen molar-refractivity contribution < 1.29 is 9.90 Å². The molecular weight excluding hydrogens is 237 g/mol. The Hall–Kier alpha value is -0.770. The smallest absolute Gasteiger partial charge is 0.300 e. The Morgan fingerprint density at radius 3 is 1.80 bits per heavy atom. The first-order chi connectivity index (χ1) is 6.93. The first-order valence-electron chi connectivity index (χ1n) is 4.24. The molecule has 0 fully saturated rings. The zero-order chi connectivity index (χ0) is 12.3. The zero-order valence-corrected chi connectivity index (χ0v) is 10.2. The molecule has 15 heavy (non-hydrogen) atoms. The van der Waals surface area contributed by atoms with E-state index in [0.29, 0.717) is 10.0 Å². The van der Waals surface area contributed by atoms with E-state index in [0.717, 1.165) is 13.5 Å². The Labute approximate surface area is 99.8 Å². The molecule has 0 spiro atoms. The van der Waals surface area contributed by atoms with Gasteiger partial charge >= 0.3 is 0 Å². The van der Waals surface area contributed by atoms with E-state index in [4.69, 9.17) is 38.8 Å². The molecule has 1 aromatic rings. The van der Waals surface area contributed by atoms with Crippen molar-refractivity contribution in [2.75, 3.05) is 6.54 Å².